The predicted octanol–water partition coefficient (Wildman–Crippen LogP) is 0.0626. The Morgan fingerprint density at radius 2 is 2.24 bits per heavy atom. The number of carboxylic acids is 1. The Labute approximate surface area is 102 Å². The van der Waals surface area contributed by atoms with Crippen LogP contribution in [0.3, 0.4) is 0 Å². The van der Waals surface area contributed by atoms with Crippen molar-refractivity contribution < 1.29 is 14.6 Å². The van der Waals surface area contributed by atoms with Crippen LogP contribution < -0.4 is 5.84 Å². The van der Waals surface area contributed by atoms with Crippen molar-refractivity contribution in [2.45, 2.75) is 23.9 Å². The molecule has 1 aromatic heterocycles. The number of nitrogens with zero attached hydrogens (tertiary/aromatic N) is 3. The number of aliphatic carboxylic acids is 1. The number of nitrogens with two attached hydrogens (primary N) is 1. The van der Waals surface area contributed by atoms with Crippen LogP contribution in [0, 0.1) is 0 Å². The molecule has 0 aromatic carbocycles. The SMILES string of the molecule is Nn1c(SCC(=O)O)nnc1C1CCOCC1. The summed E-state index contributed by atoms with van der Waals surface area (Å²) in [5, 5.41) is 17.0. The maximum atomic E-state index is 10.5. The molecule has 1 aliphatic rings. The maximum absolute atomic E-state index is 10.5. The predicted molar refractivity (Wildman–Crippen MR) is 61.3 cm³/mol. The molecule has 3 N–H and O–H groups in total. The van der Waals surface area contributed by atoms with E-state index < -0.39 is 5.97 Å². The van der Waals surface area contributed by atoms with Gasteiger partial charge < -0.3 is 15.7 Å². The second kappa shape index (κ2) is 5.37. The largest absolute Gasteiger partial charge is 0.481 e. The average Bonchev–Trinajstić information content (AvgIpc) is 2.69. The highest BCUT2D eigenvalue weighted by atomic mass is 32.2. The Morgan fingerprint density at radius 1 is 1.53 bits per heavy atom. The number of nitrogen functional groups attached to an aromatic ring is 1. The minimum absolute atomic E-state index is 0.0664. The third-order valence-electron chi connectivity index (χ3n) is 2.60. The molecule has 0 atom stereocenters. The average molecular weight is 258 g/mol. The summed E-state index contributed by atoms with van der Waals surface area (Å²) in [5.41, 5.74) is 0. The summed E-state index contributed by atoms with van der Waals surface area (Å²) in [5.74, 6) is 5.85. The van der Waals surface area contributed by atoms with E-state index in [9.17, 15) is 4.79 Å². The summed E-state index contributed by atoms with van der Waals surface area (Å²) in [6.45, 7) is 1.41. The molecule has 2 heterocycles. The molecule has 2 rings (SSSR count). The van der Waals surface area contributed by atoms with Crippen LogP contribution in [0.2, 0.25) is 0 Å². The normalized spacial score (nSPS) is 17.2. The number of carbonyl (C=O) groups is 1. The molecule has 0 saturated carbocycles. The number of ether oxygens (including phenoxy) is 1. The minimum atomic E-state index is -0.898. The zero-order valence-corrected chi connectivity index (χ0v) is 10.0. The zero-order chi connectivity index (χ0) is 12.3. The van der Waals surface area contributed by atoms with Gasteiger partial charge >= 0.3 is 5.97 Å². The first-order chi connectivity index (χ1) is 8.18. The van der Waals surface area contributed by atoms with Crippen LogP contribution in [0.15, 0.2) is 5.16 Å². The van der Waals surface area contributed by atoms with Gasteiger partial charge in [0.1, 0.15) is 0 Å². The lowest BCUT2D eigenvalue weighted by Crippen LogP contribution is -2.22. The van der Waals surface area contributed by atoms with Gasteiger partial charge in [-0.1, -0.05) is 11.8 Å². The molecule has 0 amide bonds. The fourth-order valence-corrected chi connectivity index (χ4v) is 2.33. The van der Waals surface area contributed by atoms with E-state index in [1.165, 1.54) is 4.68 Å². The Bertz CT molecular complexity index is 403. The van der Waals surface area contributed by atoms with Crippen LogP contribution in [-0.2, 0) is 9.53 Å². The van der Waals surface area contributed by atoms with Crippen molar-refractivity contribution >= 4 is 17.7 Å². The second-order valence-electron chi connectivity index (χ2n) is 3.78. The molecular weight excluding hydrogens is 244 g/mol. The number of thioether (sulfide) groups is 1. The van der Waals surface area contributed by atoms with Gasteiger partial charge in [0.25, 0.3) is 0 Å². The van der Waals surface area contributed by atoms with Crippen molar-refractivity contribution in [3.63, 3.8) is 0 Å². The molecule has 7 nitrogen and oxygen atoms in total. The smallest absolute Gasteiger partial charge is 0.313 e. The fraction of sp³-hybridized carbons (Fsp3) is 0.667. The van der Waals surface area contributed by atoms with E-state index in [2.05, 4.69) is 10.2 Å². The Kier molecular flexibility index (Phi) is 3.85. The van der Waals surface area contributed by atoms with Crippen molar-refractivity contribution in [2.24, 2.45) is 0 Å². The fourth-order valence-electron chi connectivity index (χ4n) is 1.75. The van der Waals surface area contributed by atoms with Gasteiger partial charge in [-0.25, -0.2) is 4.68 Å². The first kappa shape index (κ1) is 12.2. The molecule has 17 heavy (non-hydrogen) atoms. The number of carboxylic acid groups (broad SMARTS) is 1. The van der Waals surface area contributed by atoms with Gasteiger partial charge in [0.15, 0.2) is 5.82 Å². The van der Waals surface area contributed by atoms with E-state index in [1.807, 2.05) is 0 Å². The Balaban J connectivity index is 2.05. The van der Waals surface area contributed by atoms with Gasteiger partial charge in [-0.3, -0.25) is 4.79 Å². The van der Waals surface area contributed by atoms with Crippen molar-refractivity contribution in [3.8, 4) is 0 Å². The number of hydrogen-bond donors (Lipinski definition) is 2. The van der Waals surface area contributed by atoms with Crippen LogP contribution in [0.4, 0.5) is 0 Å². The van der Waals surface area contributed by atoms with Crippen LogP contribution in [0.1, 0.15) is 24.6 Å². The molecule has 1 aromatic rings. The summed E-state index contributed by atoms with van der Waals surface area (Å²) in [7, 11) is 0. The second-order valence-corrected chi connectivity index (χ2v) is 4.72. The monoisotopic (exact) mass is 258 g/mol. The summed E-state index contributed by atoms with van der Waals surface area (Å²) in [4.78, 5) is 10.5. The molecule has 0 unspecified atom stereocenters. The molecule has 0 spiro atoms. The van der Waals surface area contributed by atoms with E-state index in [4.69, 9.17) is 15.7 Å². The molecule has 1 aliphatic heterocycles. The molecule has 0 aliphatic carbocycles. The van der Waals surface area contributed by atoms with Crippen LogP contribution in [0.25, 0.3) is 0 Å². The van der Waals surface area contributed by atoms with E-state index in [0.717, 1.165) is 24.6 Å². The van der Waals surface area contributed by atoms with E-state index in [0.29, 0.717) is 24.2 Å². The molecule has 0 bridgehead atoms. The quantitative estimate of drug-likeness (QED) is 0.581. The summed E-state index contributed by atoms with van der Waals surface area (Å²) >= 11 is 1.07. The summed E-state index contributed by atoms with van der Waals surface area (Å²) < 4.78 is 6.66. The summed E-state index contributed by atoms with van der Waals surface area (Å²) in [6, 6.07) is 0. The van der Waals surface area contributed by atoms with Crippen LogP contribution in [0.5, 0.6) is 0 Å². The van der Waals surface area contributed by atoms with E-state index >= 15 is 0 Å². The Hall–Kier alpha value is -1.28. The highest BCUT2D eigenvalue weighted by Crippen LogP contribution is 2.26. The molecule has 0 radical (unpaired) electrons. The van der Waals surface area contributed by atoms with Crippen molar-refractivity contribution in [1.82, 2.24) is 14.9 Å². The standard InChI is InChI=1S/C9H14N4O3S/c10-13-8(6-1-3-16-4-2-6)11-12-9(13)17-5-7(14)15/h6H,1-5,10H2,(H,14,15). The topological polar surface area (TPSA) is 103 Å². The lowest BCUT2D eigenvalue weighted by molar-refractivity contribution is -0.133. The van der Waals surface area contributed by atoms with E-state index in [1.54, 1.807) is 0 Å². The molecule has 8 heteroatoms. The molecule has 1 saturated heterocycles. The van der Waals surface area contributed by atoms with Gasteiger partial charge in [0.05, 0.1) is 5.75 Å². The molecular formula is C9H14N4O3S. The Morgan fingerprint density at radius 3 is 2.88 bits per heavy atom. The summed E-state index contributed by atoms with van der Waals surface area (Å²) in [6.07, 6.45) is 1.75. The number of aromatic nitrogens is 3. The third kappa shape index (κ3) is 2.89. The lowest BCUT2D eigenvalue weighted by atomic mass is 10.00. The lowest BCUT2D eigenvalue weighted by Gasteiger charge is -2.20. The first-order valence-corrected chi connectivity index (χ1v) is 6.29. The number of hydrogen-bond acceptors (Lipinski definition) is 6. The molecule has 94 valence electrons. The van der Waals surface area contributed by atoms with E-state index in [-0.39, 0.29) is 11.7 Å². The zero-order valence-electron chi connectivity index (χ0n) is 9.20. The minimum Gasteiger partial charge on any atom is -0.481 e. The van der Waals surface area contributed by atoms with Crippen molar-refractivity contribution in [2.75, 3.05) is 24.8 Å². The van der Waals surface area contributed by atoms with Gasteiger partial charge in [-0.05, 0) is 12.8 Å². The molecule has 1 fully saturated rings. The number of rotatable bonds is 4. The van der Waals surface area contributed by atoms with Crippen LogP contribution >= 0.6 is 11.8 Å². The highest BCUT2D eigenvalue weighted by Gasteiger charge is 2.23. The third-order valence-corrected chi connectivity index (χ3v) is 3.53. The maximum Gasteiger partial charge on any atom is 0.313 e. The highest BCUT2D eigenvalue weighted by molar-refractivity contribution is 7.99. The van der Waals surface area contributed by atoms with Crippen molar-refractivity contribution in [1.29, 1.82) is 0 Å². The first-order valence-electron chi connectivity index (χ1n) is 5.31. The van der Waals surface area contributed by atoms with Gasteiger partial charge in [0, 0.05) is 19.1 Å². The van der Waals surface area contributed by atoms with Crippen LogP contribution in [-0.4, -0.2) is 44.9 Å². The van der Waals surface area contributed by atoms with Gasteiger partial charge in [-0.15, -0.1) is 10.2 Å². The van der Waals surface area contributed by atoms with Gasteiger partial charge in [-0.2, -0.15) is 0 Å². The van der Waals surface area contributed by atoms with Crippen molar-refractivity contribution in [3.05, 3.63) is 5.82 Å². The van der Waals surface area contributed by atoms with Gasteiger partial charge in [0.2, 0.25) is 5.16 Å².